The Hall–Kier alpha value is -2.87. The molecule has 38 heavy (non-hydrogen) atoms. The van der Waals surface area contributed by atoms with E-state index in [4.69, 9.17) is 9.94 Å². The number of likely N-dealkylation sites (tertiary alicyclic amines) is 1. The van der Waals surface area contributed by atoms with Crippen LogP contribution in [0.2, 0.25) is 0 Å². The molecule has 0 atom stereocenters. The molecule has 1 heterocycles. The fraction of sp³-hybridized carbons (Fsp3) is 0.533. The number of rotatable bonds is 9. The Morgan fingerprint density at radius 2 is 1.71 bits per heavy atom. The van der Waals surface area contributed by atoms with E-state index in [1.54, 1.807) is 12.1 Å². The molecular formula is C30H35F3N2O3. The lowest BCUT2D eigenvalue weighted by Gasteiger charge is -2.37. The van der Waals surface area contributed by atoms with Gasteiger partial charge in [0, 0.05) is 19.6 Å². The van der Waals surface area contributed by atoms with Crippen LogP contribution >= 0.6 is 0 Å². The molecular weight excluding hydrogens is 493 g/mol. The number of hydrogen-bond donors (Lipinski definition) is 1. The molecule has 0 spiro atoms. The van der Waals surface area contributed by atoms with Crippen molar-refractivity contribution in [3.8, 4) is 0 Å². The van der Waals surface area contributed by atoms with E-state index in [0.29, 0.717) is 35.8 Å². The van der Waals surface area contributed by atoms with E-state index >= 15 is 0 Å². The number of benzene rings is 2. The number of carbonyl (C=O) groups is 1. The molecule has 1 aliphatic heterocycles. The predicted molar refractivity (Wildman–Crippen MR) is 139 cm³/mol. The standard InChI is InChI=1S/C30H35F3N2O3/c1-19(23-10-11-24(27(14-23)22-8-9-22)15-35-16-25(17-35)29(36)37)34-38-18-20-7-12-26(21-5-3-2-4-6-21)28(13-20)30(31,32)33/h7,10-14,21-22,25H,2-6,8-9,15-18H2,1H3,(H,36,37). The zero-order valence-corrected chi connectivity index (χ0v) is 21.8. The van der Waals surface area contributed by atoms with Gasteiger partial charge in [-0.25, -0.2) is 0 Å². The van der Waals surface area contributed by atoms with Crippen molar-refractivity contribution in [1.82, 2.24) is 4.90 Å². The molecule has 0 amide bonds. The topological polar surface area (TPSA) is 62.1 Å². The van der Waals surface area contributed by atoms with E-state index in [2.05, 4.69) is 22.2 Å². The number of carboxylic acids is 1. The van der Waals surface area contributed by atoms with Gasteiger partial charge in [-0.2, -0.15) is 13.2 Å². The van der Waals surface area contributed by atoms with Crippen molar-refractivity contribution in [2.24, 2.45) is 11.1 Å². The molecule has 3 fully saturated rings. The van der Waals surface area contributed by atoms with Gasteiger partial charge in [0.25, 0.3) is 0 Å². The number of nitrogens with zero attached hydrogens (tertiary/aromatic N) is 2. The van der Waals surface area contributed by atoms with Crippen molar-refractivity contribution in [2.75, 3.05) is 13.1 Å². The molecule has 2 saturated carbocycles. The minimum absolute atomic E-state index is 0.0288. The Kier molecular flexibility index (Phi) is 7.80. The van der Waals surface area contributed by atoms with Crippen LogP contribution in [0.5, 0.6) is 0 Å². The molecule has 2 aromatic carbocycles. The molecule has 5 rings (SSSR count). The number of carboxylic acid groups (broad SMARTS) is 1. The van der Waals surface area contributed by atoms with Gasteiger partial charge in [-0.3, -0.25) is 9.69 Å². The van der Waals surface area contributed by atoms with Crippen LogP contribution in [-0.2, 0) is 29.0 Å². The highest BCUT2D eigenvalue weighted by Gasteiger charge is 2.36. The Bertz CT molecular complexity index is 1190. The third-order valence-electron chi connectivity index (χ3n) is 8.18. The minimum atomic E-state index is -4.40. The summed E-state index contributed by atoms with van der Waals surface area (Å²) in [4.78, 5) is 18.8. The van der Waals surface area contributed by atoms with Gasteiger partial charge in [-0.15, -0.1) is 0 Å². The van der Waals surface area contributed by atoms with Crippen molar-refractivity contribution < 1.29 is 27.9 Å². The summed E-state index contributed by atoms with van der Waals surface area (Å²) < 4.78 is 41.6. The summed E-state index contributed by atoms with van der Waals surface area (Å²) in [5.74, 6) is -0.529. The Morgan fingerprint density at radius 1 is 1.00 bits per heavy atom. The maximum atomic E-state index is 13.9. The van der Waals surface area contributed by atoms with E-state index in [0.717, 1.165) is 57.1 Å². The first kappa shape index (κ1) is 26.7. The van der Waals surface area contributed by atoms with Crippen molar-refractivity contribution in [1.29, 1.82) is 0 Å². The second-order valence-corrected chi connectivity index (χ2v) is 11.1. The van der Waals surface area contributed by atoms with Gasteiger partial charge < -0.3 is 9.94 Å². The predicted octanol–water partition coefficient (Wildman–Crippen LogP) is 7.09. The van der Waals surface area contributed by atoms with Gasteiger partial charge in [-0.05, 0) is 84.4 Å². The first-order valence-electron chi connectivity index (χ1n) is 13.6. The van der Waals surface area contributed by atoms with Gasteiger partial charge in [0.1, 0.15) is 6.61 Å². The summed E-state index contributed by atoms with van der Waals surface area (Å²) in [6, 6.07) is 10.8. The average Bonchev–Trinajstić information content (AvgIpc) is 3.71. The Morgan fingerprint density at radius 3 is 2.37 bits per heavy atom. The number of aliphatic carboxylic acids is 1. The summed E-state index contributed by atoms with van der Waals surface area (Å²) in [6.45, 7) is 3.70. The monoisotopic (exact) mass is 528 g/mol. The maximum absolute atomic E-state index is 13.9. The van der Waals surface area contributed by atoms with Gasteiger partial charge in [0.2, 0.25) is 0 Å². The van der Waals surface area contributed by atoms with Crippen LogP contribution in [0, 0.1) is 5.92 Å². The molecule has 0 unspecified atom stereocenters. The second-order valence-electron chi connectivity index (χ2n) is 11.1. The summed E-state index contributed by atoms with van der Waals surface area (Å²) in [5.41, 5.74) is 4.39. The molecule has 0 radical (unpaired) electrons. The van der Waals surface area contributed by atoms with Crippen LogP contribution < -0.4 is 0 Å². The molecule has 0 aromatic heterocycles. The zero-order valence-electron chi connectivity index (χ0n) is 21.8. The normalized spacial score (nSPS) is 19.8. The van der Waals surface area contributed by atoms with Crippen molar-refractivity contribution in [2.45, 2.75) is 83.0 Å². The molecule has 2 aromatic rings. The highest BCUT2D eigenvalue weighted by atomic mass is 19.4. The minimum Gasteiger partial charge on any atom is -0.481 e. The van der Waals surface area contributed by atoms with E-state index in [1.165, 1.54) is 17.2 Å². The fourth-order valence-corrected chi connectivity index (χ4v) is 5.80. The maximum Gasteiger partial charge on any atom is 0.416 e. The van der Waals surface area contributed by atoms with E-state index in [1.807, 2.05) is 13.0 Å². The summed E-state index contributed by atoms with van der Waals surface area (Å²) in [5, 5.41) is 13.3. The van der Waals surface area contributed by atoms with Crippen LogP contribution in [0.1, 0.15) is 97.1 Å². The molecule has 1 saturated heterocycles. The van der Waals surface area contributed by atoms with Gasteiger partial charge >= 0.3 is 12.1 Å². The third kappa shape index (κ3) is 6.22. The molecule has 8 heteroatoms. The number of hydrogen-bond acceptors (Lipinski definition) is 4. The van der Waals surface area contributed by atoms with Gasteiger partial charge in [0.05, 0.1) is 17.2 Å². The quantitative estimate of drug-likeness (QED) is 0.279. The van der Waals surface area contributed by atoms with Crippen LogP contribution in [0.4, 0.5) is 13.2 Å². The Balaban J connectivity index is 1.25. The number of halogens is 3. The van der Waals surface area contributed by atoms with Crippen LogP contribution in [0.15, 0.2) is 41.6 Å². The van der Waals surface area contributed by atoms with Gasteiger partial charge in [-0.1, -0.05) is 48.7 Å². The lowest BCUT2D eigenvalue weighted by atomic mass is 9.81. The van der Waals surface area contributed by atoms with Crippen LogP contribution in [-0.4, -0.2) is 34.8 Å². The van der Waals surface area contributed by atoms with Crippen molar-refractivity contribution in [3.63, 3.8) is 0 Å². The lowest BCUT2D eigenvalue weighted by Crippen LogP contribution is -2.49. The summed E-state index contributed by atoms with van der Waals surface area (Å²) >= 11 is 0. The Labute approximate surface area is 221 Å². The highest BCUT2D eigenvalue weighted by molar-refractivity contribution is 5.98. The third-order valence-corrected chi connectivity index (χ3v) is 8.18. The lowest BCUT2D eigenvalue weighted by molar-refractivity contribution is -0.147. The van der Waals surface area contributed by atoms with E-state index < -0.39 is 17.7 Å². The second kappa shape index (κ2) is 11.1. The average molecular weight is 529 g/mol. The van der Waals surface area contributed by atoms with Crippen molar-refractivity contribution >= 4 is 11.7 Å². The molecule has 2 aliphatic carbocycles. The summed E-state index contributed by atoms with van der Waals surface area (Å²) in [6.07, 6.45) is 2.56. The first-order valence-corrected chi connectivity index (χ1v) is 13.6. The summed E-state index contributed by atoms with van der Waals surface area (Å²) in [7, 11) is 0. The molecule has 3 aliphatic rings. The highest BCUT2D eigenvalue weighted by Crippen LogP contribution is 2.43. The zero-order chi connectivity index (χ0) is 26.9. The number of oxime groups is 1. The SMILES string of the molecule is CC(=NOCc1ccc(C2CCCCC2)c(C(F)(F)F)c1)c1ccc(CN2CC(C(=O)O)C2)c(C2CC2)c1. The van der Waals surface area contributed by atoms with Crippen LogP contribution in [0.3, 0.4) is 0 Å². The fourth-order valence-electron chi connectivity index (χ4n) is 5.80. The van der Waals surface area contributed by atoms with E-state index in [9.17, 15) is 18.0 Å². The van der Waals surface area contributed by atoms with Crippen molar-refractivity contribution in [3.05, 3.63) is 69.8 Å². The smallest absolute Gasteiger partial charge is 0.416 e. The molecule has 0 bridgehead atoms. The largest absolute Gasteiger partial charge is 0.481 e. The first-order chi connectivity index (χ1) is 18.2. The number of alkyl halides is 3. The van der Waals surface area contributed by atoms with Crippen LogP contribution in [0.25, 0.3) is 0 Å². The molecule has 1 N–H and O–H groups in total. The van der Waals surface area contributed by atoms with Gasteiger partial charge in [0.15, 0.2) is 0 Å². The molecule has 5 nitrogen and oxygen atoms in total. The van der Waals surface area contributed by atoms with E-state index in [-0.39, 0.29) is 18.4 Å². The molecule has 204 valence electrons.